The van der Waals surface area contributed by atoms with E-state index in [0.717, 1.165) is 0 Å². The molecule has 8 nitrogen and oxygen atoms in total. The summed E-state index contributed by atoms with van der Waals surface area (Å²) < 4.78 is 26.8. The van der Waals surface area contributed by atoms with Crippen molar-refractivity contribution in [1.29, 1.82) is 0 Å². The van der Waals surface area contributed by atoms with Gasteiger partial charge in [0.25, 0.3) is 0 Å². The zero-order chi connectivity index (χ0) is 15.6. The highest BCUT2D eigenvalue weighted by atomic mass is 32.2. The molecule has 0 aliphatic carbocycles. The Morgan fingerprint density at radius 3 is 2.67 bits per heavy atom. The van der Waals surface area contributed by atoms with Crippen molar-refractivity contribution in [2.24, 2.45) is 0 Å². The molecule has 1 aromatic carbocycles. The first-order valence-corrected chi connectivity index (χ1v) is 7.72. The van der Waals surface area contributed by atoms with Gasteiger partial charge >= 0.3 is 11.7 Å². The fraction of sp³-hybridized carbons (Fsp3) is 0.333. The Bertz CT molecular complexity index is 821. The quantitative estimate of drug-likeness (QED) is 0.612. The summed E-state index contributed by atoms with van der Waals surface area (Å²) in [4.78, 5) is 26.6. The van der Waals surface area contributed by atoms with Gasteiger partial charge in [-0.1, -0.05) is 0 Å². The molecule has 2 rings (SSSR count). The molecular formula is C12H15N3O5S. The third kappa shape index (κ3) is 3.70. The van der Waals surface area contributed by atoms with Gasteiger partial charge in [0.1, 0.15) is 0 Å². The van der Waals surface area contributed by atoms with Crippen LogP contribution in [-0.4, -0.2) is 35.5 Å². The summed E-state index contributed by atoms with van der Waals surface area (Å²) in [6.45, 7) is 1.59. The molecule has 0 aliphatic rings. The summed E-state index contributed by atoms with van der Waals surface area (Å²) >= 11 is 0. The van der Waals surface area contributed by atoms with E-state index in [4.69, 9.17) is 5.11 Å². The van der Waals surface area contributed by atoms with E-state index in [1.54, 1.807) is 6.92 Å². The fourth-order valence-corrected chi connectivity index (χ4v) is 3.21. The number of aromatic amines is 2. The van der Waals surface area contributed by atoms with Gasteiger partial charge in [0, 0.05) is 12.5 Å². The molecule has 1 aromatic heterocycles. The average molecular weight is 313 g/mol. The van der Waals surface area contributed by atoms with Crippen molar-refractivity contribution in [2.45, 2.75) is 30.7 Å². The molecule has 0 saturated carbocycles. The van der Waals surface area contributed by atoms with E-state index in [2.05, 4.69) is 14.7 Å². The van der Waals surface area contributed by atoms with Crippen LogP contribution in [0.3, 0.4) is 0 Å². The Hall–Kier alpha value is -2.13. The van der Waals surface area contributed by atoms with Crippen LogP contribution in [0.15, 0.2) is 27.9 Å². The number of hydrogen-bond donors (Lipinski definition) is 4. The number of carboxylic acids is 1. The summed E-state index contributed by atoms with van der Waals surface area (Å²) in [5.74, 6) is -0.979. The van der Waals surface area contributed by atoms with Crippen LogP contribution in [-0.2, 0) is 14.8 Å². The highest BCUT2D eigenvalue weighted by Crippen LogP contribution is 2.15. The number of imidazole rings is 1. The first kappa shape index (κ1) is 15.3. The van der Waals surface area contributed by atoms with E-state index < -0.39 is 27.7 Å². The Kier molecular flexibility index (Phi) is 4.14. The number of sulfonamides is 1. The molecule has 1 unspecified atom stereocenters. The van der Waals surface area contributed by atoms with Gasteiger partial charge in [-0.25, -0.2) is 17.9 Å². The van der Waals surface area contributed by atoms with Gasteiger partial charge < -0.3 is 15.1 Å². The van der Waals surface area contributed by atoms with Gasteiger partial charge in [0.2, 0.25) is 10.0 Å². The summed E-state index contributed by atoms with van der Waals surface area (Å²) in [5.41, 5.74) is 0.487. The van der Waals surface area contributed by atoms with Gasteiger partial charge in [-0.15, -0.1) is 0 Å². The molecule has 1 atom stereocenters. The summed E-state index contributed by atoms with van der Waals surface area (Å²) in [6, 6.07) is 3.70. The standard InChI is InChI=1S/C12H15N3O5S/c1-7(2-5-11(16)17)15-21(19,20)8-3-4-9-10(6-8)14-12(18)13-9/h3-4,6-7,15H,2,5H2,1H3,(H,16,17)(H2,13,14,18). The highest BCUT2D eigenvalue weighted by Gasteiger charge is 2.18. The molecule has 114 valence electrons. The Labute approximate surface area is 120 Å². The molecule has 0 spiro atoms. The summed E-state index contributed by atoms with van der Waals surface area (Å²) in [6.07, 6.45) is 0.0750. The van der Waals surface area contributed by atoms with Crippen molar-refractivity contribution in [3.05, 3.63) is 28.7 Å². The molecular weight excluding hydrogens is 298 g/mol. The number of aromatic nitrogens is 2. The monoisotopic (exact) mass is 313 g/mol. The number of H-pyrrole nitrogens is 2. The zero-order valence-corrected chi connectivity index (χ0v) is 12.0. The predicted octanol–water partition coefficient (Wildman–Crippen LogP) is 0.388. The second-order valence-corrected chi connectivity index (χ2v) is 6.46. The lowest BCUT2D eigenvalue weighted by molar-refractivity contribution is -0.137. The first-order chi connectivity index (χ1) is 9.78. The number of fused-ring (bicyclic) bond motifs is 1. The van der Waals surface area contributed by atoms with E-state index in [0.29, 0.717) is 11.0 Å². The third-order valence-electron chi connectivity index (χ3n) is 2.95. The third-order valence-corrected chi connectivity index (χ3v) is 4.53. The van der Waals surface area contributed by atoms with E-state index in [9.17, 15) is 18.0 Å². The average Bonchev–Trinajstić information content (AvgIpc) is 2.74. The highest BCUT2D eigenvalue weighted by molar-refractivity contribution is 7.89. The SMILES string of the molecule is CC(CCC(=O)O)NS(=O)(=O)c1ccc2[nH]c(=O)[nH]c2c1. The Morgan fingerprint density at radius 2 is 2.00 bits per heavy atom. The van der Waals surface area contributed by atoms with Crippen LogP contribution in [0, 0.1) is 0 Å². The largest absolute Gasteiger partial charge is 0.481 e. The van der Waals surface area contributed by atoms with Crippen LogP contribution in [0.2, 0.25) is 0 Å². The van der Waals surface area contributed by atoms with Crippen molar-refractivity contribution in [3.63, 3.8) is 0 Å². The second kappa shape index (κ2) is 5.70. The number of benzene rings is 1. The molecule has 0 fully saturated rings. The maximum atomic E-state index is 12.2. The minimum Gasteiger partial charge on any atom is -0.481 e. The molecule has 2 aromatic rings. The van der Waals surface area contributed by atoms with Crippen LogP contribution in [0.5, 0.6) is 0 Å². The molecule has 0 saturated heterocycles. The minimum atomic E-state index is -3.77. The van der Waals surface area contributed by atoms with Crippen LogP contribution >= 0.6 is 0 Å². The van der Waals surface area contributed by atoms with Crippen molar-refractivity contribution in [1.82, 2.24) is 14.7 Å². The number of nitrogens with one attached hydrogen (secondary N) is 3. The summed E-state index contributed by atoms with van der Waals surface area (Å²) in [5, 5.41) is 8.58. The molecule has 4 N–H and O–H groups in total. The van der Waals surface area contributed by atoms with E-state index in [1.807, 2.05) is 0 Å². The molecule has 0 amide bonds. The molecule has 21 heavy (non-hydrogen) atoms. The number of carboxylic acid groups (broad SMARTS) is 1. The van der Waals surface area contributed by atoms with Crippen molar-refractivity contribution in [3.8, 4) is 0 Å². The lowest BCUT2D eigenvalue weighted by Crippen LogP contribution is -2.33. The molecule has 0 aliphatic heterocycles. The Balaban J connectivity index is 2.20. The number of carbonyl (C=O) groups is 1. The summed E-state index contributed by atoms with van der Waals surface area (Å²) in [7, 11) is -3.77. The van der Waals surface area contributed by atoms with Gasteiger partial charge in [-0.05, 0) is 31.5 Å². The maximum Gasteiger partial charge on any atom is 0.323 e. The van der Waals surface area contributed by atoms with Gasteiger partial charge in [-0.2, -0.15) is 0 Å². The van der Waals surface area contributed by atoms with E-state index >= 15 is 0 Å². The predicted molar refractivity (Wildman–Crippen MR) is 75.6 cm³/mol. The number of hydrogen-bond acceptors (Lipinski definition) is 4. The van der Waals surface area contributed by atoms with Gasteiger partial charge in [0.05, 0.1) is 15.9 Å². The number of rotatable bonds is 6. The first-order valence-electron chi connectivity index (χ1n) is 6.24. The Morgan fingerprint density at radius 1 is 1.33 bits per heavy atom. The molecule has 1 heterocycles. The zero-order valence-electron chi connectivity index (χ0n) is 11.2. The molecule has 0 bridgehead atoms. The fourth-order valence-electron chi connectivity index (χ4n) is 1.91. The topological polar surface area (TPSA) is 132 Å². The lowest BCUT2D eigenvalue weighted by Gasteiger charge is -2.13. The number of aliphatic carboxylic acids is 1. The van der Waals surface area contributed by atoms with E-state index in [-0.39, 0.29) is 17.7 Å². The van der Waals surface area contributed by atoms with Crippen molar-refractivity contribution >= 4 is 27.0 Å². The normalized spacial score (nSPS) is 13.4. The van der Waals surface area contributed by atoms with Crippen LogP contribution in [0.4, 0.5) is 0 Å². The minimum absolute atomic E-state index is 0.00688. The molecule has 9 heteroatoms. The second-order valence-electron chi connectivity index (χ2n) is 4.74. The van der Waals surface area contributed by atoms with Crippen molar-refractivity contribution < 1.29 is 18.3 Å². The van der Waals surface area contributed by atoms with Crippen molar-refractivity contribution in [2.75, 3.05) is 0 Å². The maximum absolute atomic E-state index is 12.2. The van der Waals surface area contributed by atoms with Crippen LogP contribution in [0.1, 0.15) is 19.8 Å². The van der Waals surface area contributed by atoms with Crippen LogP contribution < -0.4 is 10.4 Å². The lowest BCUT2D eigenvalue weighted by atomic mass is 10.2. The smallest absolute Gasteiger partial charge is 0.323 e. The van der Waals surface area contributed by atoms with Crippen LogP contribution in [0.25, 0.3) is 11.0 Å². The van der Waals surface area contributed by atoms with Gasteiger partial charge in [-0.3, -0.25) is 4.79 Å². The van der Waals surface area contributed by atoms with Gasteiger partial charge in [0.15, 0.2) is 0 Å². The van der Waals surface area contributed by atoms with E-state index in [1.165, 1.54) is 18.2 Å². The molecule has 0 radical (unpaired) electrons.